The van der Waals surface area contributed by atoms with Crippen molar-refractivity contribution in [1.82, 2.24) is 0 Å². The lowest BCUT2D eigenvalue weighted by molar-refractivity contribution is 0.541. The third-order valence-corrected chi connectivity index (χ3v) is 4.22. The summed E-state index contributed by atoms with van der Waals surface area (Å²) in [6, 6.07) is 19.1. The molecule has 0 aliphatic heterocycles. The monoisotopic (exact) mass is 242 g/mol. The van der Waals surface area contributed by atoms with E-state index in [0.29, 0.717) is 5.92 Å². The Kier molecular flexibility index (Phi) is 2.90. The fourth-order valence-corrected chi connectivity index (χ4v) is 3.03. The Morgan fingerprint density at radius 3 is 1.94 bits per heavy atom. The molecule has 0 heterocycles. The lowest BCUT2D eigenvalue weighted by atomic mass is 9.96. The Bertz CT molecular complexity index is 479. The fourth-order valence-electron chi connectivity index (χ4n) is 2.71. The van der Waals surface area contributed by atoms with Crippen molar-refractivity contribution in [3.63, 3.8) is 0 Å². The van der Waals surface area contributed by atoms with Crippen molar-refractivity contribution in [2.24, 2.45) is 5.92 Å². The highest BCUT2D eigenvalue weighted by molar-refractivity contribution is 6.21. The molecule has 86 valence electrons. The molecular formula is C16H15Cl. The second-order valence-electron chi connectivity index (χ2n) is 4.75. The van der Waals surface area contributed by atoms with Crippen molar-refractivity contribution >= 4 is 11.6 Å². The summed E-state index contributed by atoms with van der Waals surface area (Å²) in [5, 5.41) is 0.128. The number of rotatable bonds is 2. The minimum Gasteiger partial charge on any atom is -0.117 e. The Hall–Kier alpha value is -1.27. The molecule has 0 amide bonds. The van der Waals surface area contributed by atoms with Gasteiger partial charge in [0.05, 0.1) is 5.38 Å². The zero-order valence-electron chi connectivity index (χ0n) is 9.64. The van der Waals surface area contributed by atoms with Crippen LogP contribution in [0.5, 0.6) is 0 Å². The Balaban J connectivity index is 1.81. The van der Waals surface area contributed by atoms with E-state index in [2.05, 4.69) is 48.5 Å². The van der Waals surface area contributed by atoms with E-state index < -0.39 is 0 Å². The average Bonchev–Trinajstić information content (AvgIpc) is 2.82. The number of alkyl halides is 1. The van der Waals surface area contributed by atoms with Crippen LogP contribution in [0.3, 0.4) is 0 Å². The molecule has 0 spiro atoms. The van der Waals surface area contributed by atoms with Gasteiger partial charge in [-0.05, 0) is 35.4 Å². The van der Waals surface area contributed by atoms with E-state index in [0.717, 1.165) is 12.8 Å². The van der Waals surface area contributed by atoms with E-state index >= 15 is 0 Å². The van der Waals surface area contributed by atoms with E-state index in [1.807, 2.05) is 6.07 Å². The van der Waals surface area contributed by atoms with E-state index in [4.69, 9.17) is 11.6 Å². The quantitative estimate of drug-likeness (QED) is 0.686. The third-order valence-electron chi connectivity index (χ3n) is 3.61. The molecule has 3 rings (SSSR count). The number of hydrogen-bond donors (Lipinski definition) is 0. The smallest absolute Gasteiger partial charge is 0.0619 e. The van der Waals surface area contributed by atoms with E-state index in [-0.39, 0.29) is 5.38 Å². The van der Waals surface area contributed by atoms with Crippen LogP contribution in [0.25, 0.3) is 0 Å². The standard InChI is InChI=1S/C16H15Cl/c17-16(12-6-2-1-3-7-12)15-10-13-8-4-5-9-14(13)11-15/h1-9,15-16H,10-11H2. The molecule has 2 aromatic rings. The number of benzene rings is 2. The topological polar surface area (TPSA) is 0 Å². The number of fused-ring (bicyclic) bond motifs is 1. The molecule has 1 aliphatic carbocycles. The largest absolute Gasteiger partial charge is 0.117 e. The molecule has 2 aromatic carbocycles. The predicted molar refractivity (Wildman–Crippen MR) is 72.4 cm³/mol. The van der Waals surface area contributed by atoms with Crippen LogP contribution < -0.4 is 0 Å². The van der Waals surface area contributed by atoms with Crippen LogP contribution in [0.1, 0.15) is 22.1 Å². The van der Waals surface area contributed by atoms with Crippen molar-refractivity contribution < 1.29 is 0 Å². The molecule has 17 heavy (non-hydrogen) atoms. The predicted octanol–water partition coefficient (Wildman–Crippen LogP) is 4.38. The van der Waals surface area contributed by atoms with Crippen LogP contribution in [0.4, 0.5) is 0 Å². The summed E-state index contributed by atoms with van der Waals surface area (Å²) in [6.45, 7) is 0. The number of hydrogen-bond acceptors (Lipinski definition) is 0. The zero-order chi connectivity index (χ0) is 11.7. The maximum Gasteiger partial charge on any atom is 0.0619 e. The van der Waals surface area contributed by atoms with Crippen molar-refractivity contribution in [2.75, 3.05) is 0 Å². The minimum atomic E-state index is 0.128. The van der Waals surface area contributed by atoms with Gasteiger partial charge in [-0.3, -0.25) is 0 Å². The summed E-state index contributed by atoms with van der Waals surface area (Å²) < 4.78 is 0. The first-order valence-corrected chi connectivity index (χ1v) is 6.54. The van der Waals surface area contributed by atoms with Crippen LogP contribution >= 0.6 is 11.6 Å². The Morgan fingerprint density at radius 2 is 1.35 bits per heavy atom. The maximum absolute atomic E-state index is 6.60. The highest BCUT2D eigenvalue weighted by atomic mass is 35.5. The molecule has 1 unspecified atom stereocenters. The van der Waals surface area contributed by atoms with Crippen LogP contribution in [-0.2, 0) is 12.8 Å². The SMILES string of the molecule is ClC(c1ccccc1)C1Cc2ccccc2C1. The summed E-state index contributed by atoms with van der Waals surface area (Å²) >= 11 is 6.60. The van der Waals surface area contributed by atoms with Gasteiger partial charge in [-0.25, -0.2) is 0 Å². The van der Waals surface area contributed by atoms with E-state index in [1.165, 1.54) is 16.7 Å². The molecule has 0 aromatic heterocycles. The molecule has 1 atom stereocenters. The molecule has 0 nitrogen and oxygen atoms in total. The van der Waals surface area contributed by atoms with Gasteiger partial charge < -0.3 is 0 Å². The van der Waals surface area contributed by atoms with Crippen molar-refractivity contribution in [2.45, 2.75) is 18.2 Å². The lowest BCUT2D eigenvalue weighted by Crippen LogP contribution is -2.07. The fraction of sp³-hybridized carbons (Fsp3) is 0.250. The van der Waals surface area contributed by atoms with Gasteiger partial charge in [0.1, 0.15) is 0 Å². The second-order valence-corrected chi connectivity index (χ2v) is 5.22. The second kappa shape index (κ2) is 4.54. The molecule has 1 heteroatoms. The molecule has 0 radical (unpaired) electrons. The van der Waals surface area contributed by atoms with Gasteiger partial charge >= 0.3 is 0 Å². The van der Waals surface area contributed by atoms with Gasteiger partial charge in [0.25, 0.3) is 0 Å². The molecule has 0 saturated carbocycles. The lowest BCUT2D eigenvalue weighted by Gasteiger charge is -2.16. The van der Waals surface area contributed by atoms with Crippen LogP contribution in [0.2, 0.25) is 0 Å². The van der Waals surface area contributed by atoms with Gasteiger partial charge in [0.15, 0.2) is 0 Å². The van der Waals surface area contributed by atoms with Gasteiger partial charge in [0, 0.05) is 0 Å². The summed E-state index contributed by atoms with van der Waals surface area (Å²) in [7, 11) is 0. The van der Waals surface area contributed by atoms with Crippen LogP contribution in [-0.4, -0.2) is 0 Å². The number of halogens is 1. The average molecular weight is 243 g/mol. The molecule has 0 saturated heterocycles. The Morgan fingerprint density at radius 1 is 0.824 bits per heavy atom. The summed E-state index contributed by atoms with van der Waals surface area (Å²) in [5.41, 5.74) is 4.19. The molecule has 0 N–H and O–H groups in total. The van der Waals surface area contributed by atoms with Crippen LogP contribution in [0, 0.1) is 5.92 Å². The van der Waals surface area contributed by atoms with Crippen LogP contribution in [0.15, 0.2) is 54.6 Å². The maximum atomic E-state index is 6.60. The highest BCUT2D eigenvalue weighted by Crippen LogP contribution is 2.38. The normalized spacial score (nSPS) is 16.8. The van der Waals surface area contributed by atoms with E-state index in [9.17, 15) is 0 Å². The first kappa shape index (κ1) is 10.9. The van der Waals surface area contributed by atoms with Crippen molar-refractivity contribution in [3.05, 3.63) is 71.3 Å². The van der Waals surface area contributed by atoms with Crippen molar-refractivity contribution in [3.8, 4) is 0 Å². The van der Waals surface area contributed by atoms with E-state index in [1.54, 1.807) is 0 Å². The van der Waals surface area contributed by atoms with Gasteiger partial charge in [-0.15, -0.1) is 11.6 Å². The minimum absolute atomic E-state index is 0.128. The highest BCUT2D eigenvalue weighted by Gasteiger charge is 2.27. The molecule has 1 aliphatic rings. The van der Waals surface area contributed by atoms with Gasteiger partial charge in [-0.2, -0.15) is 0 Å². The first-order valence-electron chi connectivity index (χ1n) is 6.10. The first-order chi connectivity index (χ1) is 8.34. The van der Waals surface area contributed by atoms with Gasteiger partial charge in [0.2, 0.25) is 0 Å². The molecule has 0 fully saturated rings. The zero-order valence-corrected chi connectivity index (χ0v) is 10.4. The summed E-state index contributed by atoms with van der Waals surface area (Å²) in [5.74, 6) is 0.538. The third kappa shape index (κ3) is 2.10. The Labute approximate surface area is 107 Å². The molecule has 0 bridgehead atoms. The summed E-state index contributed by atoms with van der Waals surface area (Å²) in [4.78, 5) is 0. The summed E-state index contributed by atoms with van der Waals surface area (Å²) in [6.07, 6.45) is 2.22. The van der Waals surface area contributed by atoms with Crippen molar-refractivity contribution in [1.29, 1.82) is 0 Å². The molecular weight excluding hydrogens is 228 g/mol. The van der Waals surface area contributed by atoms with Gasteiger partial charge in [-0.1, -0.05) is 54.6 Å².